The fraction of sp³-hybridized carbons (Fsp3) is 0.681. The maximum Gasteiger partial charge on any atom is 0.335 e. The monoisotopic (exact) mass is 1130 g/mol. The lowest BCUT2D eigenvalue weighted by molar-refractivity contribution is -0.301. The second-order valence-electron chi connectivity index (χ2n) is 21.3. The first kappa shape index (κ1) is 74.4. The number of allylic oxidation sites excluding steroid dienone is 18. The van der Waals surface area contributed by atoms with Crippen LogP contribution in [0.15, 0.2) is 109 Å². The number of carboxylic acid groups (broad SMARTS) is 1. The summed E-state index contributed by atoms with van der Waals surface area (Å²) in [4.78, 5) is 51.3. The molecule has 460 valence electrons. The van der Waals surface area contributed by atoms with Crippen molar-refractivity contribution >= 4 is 23.9 Å². The Hall–Kier alpha value is -4.62. The van der Waals surface area contributed by atoms with Crippen LogP contribution in [0.5, 0.6) is 0 Å². The standard InChI is InChI=1S/C69H112O12/c1-4-7-10-13-16-19-22-25-28-30-31-33-35-37-40-43-46-49-52-55-61(70)77-58-60(79-62(71)56-53-50-47-44-41-38-34-27-24-21-18-15-12-9-6-3)59-78-69-67(65(74)64(73)66(81-69)68(75)76)80-63(72)57-54-51-48-45-42-39-36-32-29-26-23-20-17-14-11-8-5-2/h7-8,10-11,16-17,19-20,25-26,28-29,31,33,36-37,39-40,60,64-67,69,73-74H,4-6,9,12-15,18,21-24,27,30,32,34-35,38,41-59H2,1-3H3,(H,75,76)/b10-7-,11-8-,19-16-,20-17-,28-25-,29-26-,33-31-,39-36-,40-37-. The van der Waals surface area contributed by atoms with E-state index in [9.17, 15) is 34.5 Å². The molecule has 1 aliphatic heterocycles. The van der Waals surface area contributed by atoms with Crippen molar-refractivity contribution in [2.75, 3.05) is 13.2 Å². The number of carbonyl (C=O) groups is 4. The van der Waals surface area contributed by atoms with Crippen molar-refractivity contribution in [2.45, 2.75) is 289 Å². The smallest absolute Gasteiger partial charge is 0.335 e. The Kier molecular flexibility index (Phi) is 51.3. The Morgan fingerprint density at radius 3 is 1.20 bits per heavy atom. The molecule has 0 amide bonds. The number of esters is 3. The van der Waals surface area contributed by atoms with Crippen LogP contribution in [-0.2, 0) is 42.9 Å². The van der Waals surface area contributed by atoms with Crippen molar-refractivity contribution in [1.82, 2.24) is 0 Å². The Bertz CT molecular complexity index is 1820. The third-order valence-corrected chi connectivity index (χ3v) is 13.8. The third kappa shape index (κ3) is 45.6. The molecule has 0 aliphatic carbocycles. The van der Waals surface area contributed by atoms with Crippen LogP contribution in [-0.4, -0.2) is 89.2 Å². The Labute approximate surface area is 491 Å². The highest BCUT2D eigenvalue weighted by Crippen LogP contribution is 2.26. The molecule has 1 aliphatic rings. The molecule has 1 rings (SSSR count). The van der Waals surface area contributed by atoms with E-state index in [0.717, 1.165) is 122 Å². The second-order valence-corrected chi connectivity index (χ2v) is 21.3. The number of unbranched alkanes of at least 4 members (excludes halogenated alkanes) is 21. The highest BCUT2D eigenvalue weighted by molar-refractivity contribution is 5.74. The van der Waals surface area contributed by atoms with Gasteiger partial charge in [0.2, 0.25) is 0 Å². The van der Waals surface area contributed by atoms with Crippen LogP contribution in [0.1, 0.15) is 252 Å². The van der Waals surface area contributed by atoms with E-state index in [0.29, 0.717) is 19.3 Å². The van der Waals surface area contributed by atoms with Gasteiger partial charge in [0, 0.05) is 19.3 Å². The zero-order valence-corrected chi connectivity index (χ0v) is 50.7. The normalized spacial score (nSPS) is 18.5. The molecule has 0 aromatic heterocycles. The van der Waals surface area contributed by atoms with Crippen molar-refractivity contribution in [1.29, 1.82) is 0 Å². The predicted octanol–water partition coefficient (Wildman–Crippen LogP) is 17.0. The maximum atomic E-state index is 13.2. The number of ether oxygens (including phenoxy) is 5. The van der Waals surface area contributed by atoms with Gasteiger partial charge in [-0.1, -0.05) is 239 Å². The quantitative estimate of drug-likeness (QED) is 0.0228. The highest BCUT2D eigenvalue weighted by atomic mass is 16.7. The number of carbonyl (C=O) groups excluding carboxylic acids is 3. The number of rotatable bonds is 53. The van der Waals surface area contributed by atoms with E-state index >= 15 is 0 Å². The van der Waals surface area contributed by atoms with Crippen LogP contribution in [0, 0.1) is 0 Å². The number of hydrogen-bond acceptors (Lipinski definition) is 11. The van der Waals surface area contributed by atoms with Crippen LogP contribution in [0.3, 0.4) is 0 Å². The number of aliphatic carboxylic acids is 1. The molecule has 0 aromatic rings. The highest BCUT2D eigenvalue weighted by Gasteiger charge is 2.50. The molecule has 0 radical (unpaired) electrons. The van der Waals surface area contributed by atoms with Crippen molar-refractivity contribution in [3.05, 3.63) is 109 Å². The van der Waals surface area contributed by atoms with Gasteiger partial charge in [0.15, 0.2) is 24.6 Å². The van der Waals surface area contributed by atoms with E-state index < -0.39 is 67.3 Å². The minimum Gasteiger partial charge on any atom is -0.479 e. The van der Waals surface area contributed by atoms with Crippen LogP contribution in [0.2, 0.25) is 0 Å². The molecule has 1 saturated heterocycles. The molecule has 12 heteroatoms. The zero-order chi connectivity index (χ0) is 58.9. The molecule has 0 bridgehead atoms. The first-order chi connectivity index (χ1) is 39.6. The van der Waals surface area contributed by atoms with E-state index in [2.05, 4.69) is 130 Å². The SMILES string of the molecule is CC/C=C\C/C=C\C/C=C\C/C=C\C/C=C\CCCCCC(=O)OCC(COC1OC(C(=O)O)C(O)C(O)C1OC(=O)CCCCCC/C=C\C/C=C\C/C=C\C/C=C\CC)OC(=O)CCCCCCCCCCCCCCCCC. The van der Waals surface area contributed by atoms with Crippen LogP contribution < -0.4 is 0 Å². The Morgan fingerprint density at radius 2 is 0.778 bits per heavy atom. The van der Waals surface area contributed by atoms with E-state index in [1.165, 1.54) is 70.6 Å². The molecule has 81 heavy (non-hydrogen) atoms. The van der Waals surface area contributed by atoms with E-state index in [4.69, 9.17) is 23.7 Å². The maximum absolute atomic E-state index is 13.2. The summed E-state index contributed by atoms with van der Waals surface area (Å²) < 4.78 is 28.5. The third-order valence-electron chi connectivity index (χ3n) is 13.8. The van der Waals surface area contributed by atoms with Crippen molar-refractivity contribution in [2.24, 2.45) is 0 Å². The molecule has 1 heterocycles. The zero-order valence-electron chi connectivity index (χ0n) is 50.7. The Morgan fingerprint density at radius 1 is 0.420 bits per heavy atom. The van der Waals surface area contributed by atoms with Gasteiger partial charge in [-0.15, -0.1) is 0 Å². The number of hydrogen-bond donors (Lipinski definition) is 3. The molecule has 0 aromatic carbocycles. The van der Waals surface area contributed by atoms with Crippen LogP contribution >= 0.6 is 0 Å². The van der Waals surface area contributed by atoms with E-state index in [1.807, 2.05) is 0 Å². The number of carboxylic acids is 1. The molecule has 1 fully saturated rings. The van der Waals surface area contributed by atoms with Gasteiger partial charge in [-0.3, -0.25) is 14.4 Å². The van der Waals surface area contributed by atoms with Crippen LogP contribution in [0.25, 0.3) is 0 Å². The summed E-state index contributed by atoms with van der Waals surface area (Å²) in [5.41, 5.74) is 0. The van der Waals surface area contributed by atoms with Gasteiger partial charge in [0.05, 0.1) is 6.61 Å². The molecular weight excluding hydrogens is 1020 g/mol. The molecule has 0 saturated carbocycles. The second kappa shape index (κ2) is 55.9. The average molecular weight is 1130 g/mol. The van der Waals surface area contributed by atoms with Gasteiger partial charge in [0.1, 0.15) is 18.8 Å². The van der Waals surface area contributed by atoms with Crippen molar-refractivity contribution < 1.29 is 58.2 Å². The van der Waals surface area contributed by atoms with Crippen molar-refractivity contribution in [3.63, 3.8) is 0 Å². The lowest BCUT2D eigenvalue weighted by atomic mass is 9.98. The van der Waals surface area contributed by atoms with Crippen molar-refractivity contribution in [3.8, 4) is 0 Å². The summed E-state index contributed by atoms with van der Waals surface area (Å²) in [7, 11) is 0. The lowest BCUT2D eigenvalue weighted by Crippen LogP contribution is -2.61. The summed E-state index contributed by atoms with van der Waals surface area (Å²) in [5, 5.41) is 31.6. The van der Waals surface area contributed by atoms with Gasteiger partial charge in [-0.2, -0.15) is 0 Å². The van der Waals surface area contributed by atoms with E-state index in [1.54, 1.807) is 0 Å². The summed E-state index contributed by atoms with van der Waals surface area (Å²) >= 11 is 0. The fourth-order valence-electron chi connectivity index (χ4n) is 9.03. The van der Waals surface area contributed by atoms with Gasteiger partial charge < -0.3 is 39.0 Å². The molecule has 6 unspecified atom stereocenters. The average Bonchev–Trinajstić information content (AvgIpc) is 3.53. The summed E-state index contributed by atoms with van der Waals surface area (Å²) in [6.45, 7) is 5.74. The van der Waals surface area contributed by atoms with Gasteiger partial charge in [-0.05, 0) is 103 Å². The summed E-state index contributed by atoms with van der Waals surface area (Å²) in [5.74, 6) is -3.19. The van der Waals surface area contributed by atoms with Gasteiger partial charge in [0.25, 0.3) is 0 Å². The largest absolute Gasteiger partial charge is 0.479 e. The molecule has 3 N–H and O–H groups in total. The number of aliphatic hydroxyl groups is 2. The first-order valence-corrected chi connectivity index (χ1v) is 31.9. The summed E-state index contributed by atoms with van der Waals surface area (Å²) in [6.07, 6.45) is 63.3. The Balaban J connectivity index is 2.71. The minimum atomic E-state index is -1.92. The minimum absolute atomic E-state index is 0.0250. The van der Waals surface area contributed by atoms with Gasteiger partial charge in [-0.25, -0.2) is 4.79 Å². The molecule has 0 spiro atoms. The topological polar surface area (TPSA) is 175 Å². The fourth-order valence-corrected chi connectivity index (χ4v) is 9.03. The van der Waals surface area contributed by atoms with E-state index in [-0.39, 0.29) is 25.9 Å². The molecular formula is C69H112O12. The molecule has 6 atom stereocenters. The lowest BCUT2D eigenvalue weighted by Gasteiger charge is -2.40. The summed E-state index contributed by atoms with van der Waals surface area (Å²) in [6, 6.07) is 0. The molecule has 12 nitrogen and oxygen atoms in total. The predicted molar refractivity (Wildman–Crippen MR) is 330 cm³/mol. The van der Waals surface area contributed by atoms with Gasteiger partial charge >= 0.3 is 23.9 Å². The van der Waals surface area contributed by atoms with Crippen LogP contribution in [0.4, 0.5) is 0 Å². The number of aliphatic hydroxyl groups excluding tert-OH is 2. The first-order valence-electron chi connectivity index (χ1n) is 31.9.